The Hall–Kier alpha value is -3.39. The van der Waals surface area contributed by atoms with Gasteiger partial charge in [-0.1, -0.05) is 30.3 Å². The van der Waals surface area contributed by atoms with Gasteiger partial charge in [-0.2, -0.15) is 0 Å². The summed E-state index contributed by atoms with van der Waals surface area (Å²) in [5.41, 5.74) is 1.33. The fourth-order valence-electron chi connectivity index (χ4n) is 3.36. The number of sulfonamides is 1. The van der Waals surface area contributed by atoms with Crippen LogP contribution in [0.2, 0.25) is 0 Å². The van der Waals surface area contributed by atoms with Gasteiger partial charge in [-0.3, -0.25) is 9.10 Å². The molecule has 0 aliphatic carbocycles. The third kappa shape index (κ3) is 7.05. The lowest BCUT2D eigenvalue weighted by Crippen LogP contribution is -2.41. The molecule has 3 rings (SSSR count). The average molecular weight is 485 g/mol. The number of nitrogens with zero attached hydrogens (tertiary/aromatic N) is 1. The number of carbonyl (C=O) groups excluding carboxylic acids is 1. The van der Waals surface area contributed by atoms with Crippen LogP contribution in [0.5, 0.6) is 5.75 Å². The van der Waals surface area contributed by atoms with Crippen molar-refractivity contribution in [2.75, 3.05) is 17.4 Å². The minimum atomic E-state index is -4.01. The molecule has 0 spiro atoms. The highest BCUT2D eigenvalue weighted by molar-refractivity contribution is 7.92. The highest BCUT2D eigenvalue weighted by Gasteiger charge is 2.27. The SMILES string of the molecule is CC(C)Oc1ccc(CCCNC(=O)CN(c2ccc(F)cc2)S(=O)(=O)c2ccccc2)cc1. The van der Waals surface area contributed by atoms with Gasteiger partial charge in [0.15, 0.2) is 0 Å². The predicted octanol–water partition coefficient (Wildman–Crippen LogP) is 4.56. The van der Waals surface area contributed by atoms with Crippen molar-refractivity contribution >= 4 is 21.6 Å². The topological polar surface area (TPSA) is 75.7 Å². The zero-order valence-corrected chi connectivity index (χ0v) is 20.1. The van der Waals surface area contributed by atoms with Crippen LogP contribution in [0.3, 0.4) is 0 Å². The van der Waals surface area contributed by atoms with Crippen molar-refractivity contribution in [2.45, 2.75) is 37.7 Å². The molecule has 8 heteroatoms. The summed E-state index contributed by atoms with van der Waals surface area (Å²) in [6.45, 7) is 3.92. The van der Waals surface area contributed by atoms with Crippen molar-refractivity contribution in [3.8, 4) is 5.75 Å². The van der Waals surface area contributed by atoms with Crippen molar-refractivity contribution in [1.29, 1.82) is 0 Å². The third-order valence-electron chi connectivity index (χ3n) is 4.99. The van der Waals surface area contributed by atoms with Crippen LogP contribution in [0, 0.1) is 5.82 Å². The molecule has 0 heterocycles. The molecule has 0 atom stereocenters. The number of carbonyl (C=O) groups is 1. The molecule has 0 aliphatic rings. The van der Waals surface area contributed by atoms with Crippen molar-refractivity contribution in [1.82, 2.24) is 5.32 Å². The molecule has 1 amide bonds. The van der Waals surface area contributed by atoms with Gasteiger partial charge in [0.1, 0.15) is 18.1 Å². The maximum Gasteiger partial charge on any atom is 0.264 e. The normalized spacial score (nSPS) is 11.3. The fraction of sp³-hybridized carbons (Fsp3) is 0.269. The van der Waals surface area contributed by atoms with Gasteiger partial charge in [0.2, 0.25) is 5.91 Å². The van der Waals surface area contributed by atoms with Crippen LogP contribution in [0.15, 0.2) is 83.8 Å². The Labute approximate surface area is 200 Å². The van der Waals surface area contributed by atoms with E-state index in [1.165, 1.54) is 24.3 Å². The minimum Gasteiger partial charge on any atom is -0.491 e. The molecule has 34 heavy (non-hydrogen) atoms. The number of nitrogens with one attached hydrogen (secondary N) is 1. The molecule has 0 saturated carbocycles. The predicted molar refractivity (Wildman–Crippen MR) is 131 cm³/mol. The maximum atomic E-state index is 13.4. The van der Waals surface area contributed by atoms with E-state index in [4.69, 9.17) is 4.74 Å². The first-order valence-electron chi connectivity index (χ1n) is 11.1. The second-order valence-electron chi connectivity index (χ2n) is 8.07. The van der Waals surface area contributed by atoms with E-state index in [1.54, 1.807) is 18.2 Å². The van der Waals surface area contributed by atoms with Crippen molar-refractivity contribution in [2.24, 2.45) is 0 Å². The highest BCUT2D eigenvalue weighted by Crippen LogP contribution is 2.23. The number of hydrogen-bond donors (Lipinski definition) is 1. The van der Waals surface area contributed by atoms with Gasteiger partial charge in [0.25, 0.3) is 10.0 Å². The van der Waals surface area contributed by atoms with Gasteiger partial charge in [0, 0.05) is 6.54 Å². The van der Waals surface area contributed by atoms with E-state index in [0.717, 1.165) is 34.2 Å². The number of hydrogen-bond acceptors (Lipinski definition) is 4. The van der Waals surface area contributed by atoms with Crippen LogP contribution >= 0.6 is 0 Å². The molecule has 0 unspecified atom stereocenters. The summed E-state index contributed by atoms with van der Waals surface area (Å²) < 4.78 is 46.4. The van der Waals surface area contributed by atoms with Crippen LogP contribution in [-0.2, 0) is 21.2 Å². The highest BCUT2D eigenvalue weighted by atomic mass is 32.2. The average Bonchev–Trinajstić information content (AvgIpc) is 2.82. The number of benzene rings is 3. The Balaban J connectivity index is 1.60. The lowest BCUT2D eigenvalue weighted by molar-refractivity contribution is -0.119. The van der Waals surface area contributed by atoms with Gasteiger partial charge < -0.3 is 10.1 Å². The van der Waals surface area contributed by atoms with E-state index in [9.17, 15) is 17.6 Å². The Morgan fingerprint density at radius 3 is 2.24 bits per heavy atom. The zero-order valence-electron chi connectivity index (χ0n) is 19.3. The van der Waals surface area contributed by atoms with E-state index < -0.39 is 28.3 Å². The number of halogens is 1. The fourth-order valence-corrected chi connectivity index (χ4v) is 4.80. The number of anilines is 1. The molecule has 0 saturated heterocycles. The van der Waals surface area contributed by atoms with Crippen molar-refractivity contribution in [3.63, 3.8) is 0 Å². The summed E-state index contributed by atoms with van der Waals surface area (Å²) in [4.78, 5) is 12.7. The largest absolute Gasteiger partial charge is 0.491 e. The molecule has 0 aliphatic heterocycles. The van der Waals surface area contributed by atoms with Crippen molar-refractivity contribution < 1.29 is 22.3 Å². The molecule has 6 nitrogen and oxygen atoms in total. The van der Waals surface area contributed by atoms with Gasteiger partial charge in [-0.25, -0.2) is 12.8 Å². The number of amides is 1. The lowest BCUT2D eigenvalue weighted by Gasteiger charge is -2.24. The van der Waals surface area contributed by atoms with E-state index in [1.807, 2.05) is 38.1 Å². The molecular formula is C26H29FN2O4S. The quantitative estimate of drug-likeness (QED) is 0.405. The van der Waals surface area contributed by atoms with Crippen LogP contribution < -0.4 is 14.4 Å². The molecule has 1 N–H and O–H groups in total. The molecule has 0 aromatic heterocycles. The molecule has 3 aromatic carbocycles. The summed E-state index contributed by atoms with van der Waals surface area (Å²) in [6, 6.07) is 20.7. The minimum absolute atomic E-state index is 0.0528. The summed E-state index contributed by atoms with van der Waals surface area (Å²) >= 11 is 0. The van der Waals surface area contributed by atoms with E-state index in [2.05, 4.69) is 5.32 Å². The smallest absolute Gasteiger partial charge is 0.264 e. The lowest BCUT2D eigenvalue weighted by atomic mass is 10.1. The third-order valence-corrected chi connectivity index (χ3v) is 6.78. The first-order chi connectivity index (χ1) is 16.3. The first-order valence-corrected chi connectivity index (χ1v) is 12.6. The summed E-state index contributed by atoms with van der Waals surface area (Å²) in [5, 5.41) is 2.78. The Morgan fingerprint density at radius 2 is 1.62 bits per heavy atom. The van der Waals surface area contributed by atoms with Gasteiger partial charge in [0.05, 0.1) is 16.7 Å². The summed E-state index contributed by atoms with van der Waals surface area (Å²) in [5.74, 6) is -0.119. The van der Waals surface area contributed by atoms with Gasteiger partial charge in [-0.15, -0.1) is 0 Å². The number of ether oxygens (including phenoxy) is 1. The maximum absolute atomic E-state index is 13.4. The van der Waals surface area contributed by atoms with Crippen LogP contribution in [0.25, 0.3) is 0 Å². The summed E-state index contributed by atoms with van der Waals surface area (Å²) in [7, 11) is -4.01. The summed E-state index contributed by atoms with van der Waals surface area (Å²) in [6.07, 6.45) is 1.56. The van der Waals surface area contributed by atoms with E-state index in [0.29, 0.717) is 13.0 Å². The first kappa shape index (κ1) is 25.2. The van der Waals surface area contributed by atoms with E-state index >= 15 is 0 Å². The van der Waals surface area contributed by atoms with E-state index in [-0.39, 0.29) is 16.7 Å². The Morgan fingerprint density at radius 1 is 0.971 bits per heavy atom. The second-order valence-corrected chi connectivity index (χ2v) is 9.93. The molecule has 0 radical (unpaired) electrons. The van der Waals surface area contributed by atoms with Crippen LogP contribution in [0.4, 0.5) is 10.1 Å². The Bertz CT molecular complexity index is 1170. The second kappa shape index (κ2) is 11.7. The molecule has 0 fully saturated rings. The zero-order chi connectivity index (χ0) is 24.6. The molecule has 3 aromatic rings. The number of rotatable bonds is 11. The molecule has 180 valence electrons. The van der Waals surface area contributed by atoms with Gasteiger partial charge in [-0.05, 0) is 80.8 Å². The standard InChI is InChI=1S/C26H29FN2O4S/c1-20(2)33-24-16-10-21(11-17-24)7-6-18-28-26(30)19-29(23-14-12-22(27)13-15-23)34(31,32)25-8-4-3-5-9-25/h3-5,8-17,20H,6-7,18-19H2,1-2H3,(H,28,30). The van der Waals surface area contributed by atoms with Gasteiger partial charge >= 0.3 is 0 Å². The molecule has 0 bridgehead atoms. The molecular weight excluding hydrogens is 455 g/mol. The van der Waals surface area contributed by atoms with Crippen molar-refractivity contribution in [3.05, 3.63) is 90.2 Å². The van der Waals surface area contributed by atoms with Crippen LogP contribution in [0.1, 0.15) is 25.8 Å². The Kier molecular flexibility index (Phi) is 8.65. The number of aryl methyl sites for hydroxylation is 1. The van der Waals surface area contributed by atoms with Crippen LogP contribution in [-0.4, -0.2) is 33.5 Å². The monoisotopic (exact) mass is 484 g/mol.